The zero-order valence-corrected chi connectivity index (χ0v) is 16.9. The molecule has 1 N–H and O–H groups in total. The number of phenolic OH excluding ortho intramolecular Hbond substituents is 1. The molecule has 156 valence electrons. The summed E-state index contributed by atoms with van der Waals surface area (Å²) in [7, 11) is 0. The number of morpholine rings is 1. The summed E-state index contributed by atoms with van der Waals surface area (Å²) in [6.07, 6.45) is 2.63. The molecule has 4 heterocycles. The lowest BCUT2D eigenvalue weighted by molar-refractivity contribution is -0.127. The smallest absolute Gasteiger partial charge is 0.228 e. The van der Waals surface area contributed by atoms with Crippen LogP contribution in [0.25, 0.3) is 22.3 Å². The van der Waals surface area contributed by atoms with Gasteiger partial charge in [0.1, 0.15) is 5.75 Å². The highest BCUT2D eigenvalue weighted by Crippen LogP contribution is 2.32. The second kappa shape index (κ2) is 7.56. The van der Waals surface area contributed by atoms with E-state index >= 15 is 0 Å². The Morgan fingerprint density at radius 3 is 2.77 bits per heavy atom. The highest BCUT2D eigenvalue weighted by molar-refractivity contribution is 5.91. The van der Waals surface area contributed by atoms with Crippen LogP contribution in [0.5, 0.6) is 5.75 Å². The molecule has 3 aromatic rings. The van der Waals surface area contributed by atoms with Gasteiger partial charge in [0, 0.05) is 38.7 Å². The van der Waals surface area contributed by atoms with Crippen LogP contribution in [0.3, 0.4) is 0 Å². The van der Waals surface area contributed by atoms with Gasteiger partial charge in [-0.3, -0.25) is 4.79 Å². The van der Waals surface area contributed by atoms with Crippen molar-refractivity contribution in [2.75, 3.05) is 44.3 Å². The number of amides is 1. The largest absolute Gasteiger partial charge is 0.508 e. The topological polar surface area (TPSA) is 96.6 Å². The van der Waals surface area contributed by atoms with Crippen molar-refractivity contribution >= 4 is 22.9 Å². The molecule has 0 saturated carbocycles. The van der Waals surface area contributed by atoms with Crippen molar-refractivity contribution in [1.82, 2.24) is 24.6 Å². The number of hydrogen-bond acceptors (Lipinski definition) is 7. The van der Waals surface area contributed by atoms with E-state index in [0.29, 0.717) is 25.7 Å². The molecule has 1 aromatic carbocycles. The van der Waals surface area contributed by atoms with E-state index in [4.69, 9.17) is 14.7 Å². The zero-order valence-electron chi connectivity index (χ0n) is 16.9. The number of likely N-dealkylation sites (tertiary alicyclic amines) is 1. The van der Waals surface area contributed by atoms with Crippen molar-refractivity contribution in [3.05, 3.63) is 30.5 Å². The number of carbonyl (C=O) groups excluding carboxylic acids is 1. The van der Waals surface area contributed by atoms with E-state index in [-0.39, 0.29) is 17.7 Å². The minimum Gasteiger partial charge on any atom is -0.508 e. The lowest BCUT2D eigenvalue weighted by Crippen LogP contribution is -2.37. The van der Waals surface area contributed by atoms with Crippen molar-refractivity contribution in [2.24, 2.45) is 0 Å². The Morgan fingerprint density at radius 1 is 1.20 bits per heavy atom. The van der Waals surface area contributed by atoms with Crippen molar-refractivity contribution in [2.45, 2.75) is 19.4 Å². The van der Waals surface area contributed by atoms with Gasteiger partial charge in [-0.2, -0.15) is 10.1 Å². The molecule has 0 radical (unpaired) electrons. The molecule has 30 heavy (non-hydrogen) atoms. The van der Waals surface area contributed by atoms with E-state index in [1.807, 2.05) is 15.6 Å². The third-order valence-electron chi connectivity index (χ3n) is 5.81. The number of nitrogens with zero attached hydrogens (tertiary/aromatic N) is 6. The summed E-state index contributed by atoms with van der Waals surface area (Å²) < 4.78 is 7.41. The van der Waals surface area contributed by atoms with E-state index in [9.17, 15) is 9.90 Å². The molecule has 2 fully saturated rings. The Morgan fingerprint density at radius 2 is 2.03 bits per heavy atom. The second-order valence-electron chi connectivity index (χ2n) is 7.76. The van der Waals surface area contributed by atoms with Crippen molar-refractivity contribution < 1.29 is 14.6 Å². The van der Waals surface area contributed by atoms with Gasteiger partial charge in [-0.25, -0.2) is 9.67 Å². The van der Waals surface area contributed by atoms with Crippen LogP contribution in [0.2, 0.25) is 0 Å². The standard InChI is InChI=1S/C21H24N6O3/c1-14(28)26-6-5-16(13-26)27-20-18(12-22-27)19(15-3-2-4-17(29)11-15)23-21(24-20)25-7-9-30-10-8-25/h2-4,11-12,16,29H,5-10,13H2,1H3. The maximum atomic E-state index is 11.8. The Bertz CT molecular complexity index is 1090. The first kappa shape index (κ1) is 18.8. The lowest BCUT2D eigenvalue weighted by atomic mass is 10.1. The molecule has 0 bridgehead atoms. The van der Waals surface area contributed by atoms with E-state index in [2.05, 4.69) is 10.00 Å². The van der Waals surface area contributed by atoms with Crippen LogP contribution >= 0.6 is 0 Å². The predicted octanol–water partition coefficient (Wildman–Crippen LogP) is 1.83. The van der Waals surface area contributed by atoms with Gasteiger partial charge < -0.3 is 19.6 Å². The summed E-state index contributed by atoms with van der Waals surface area (Å²) in [5.41, 5.74) is 2.30. The molecule has 2 aliphatic heterocycles. The monoisotopic (exact) mass is 408 g/mol. The number of fused-ring (bicyclic) bond motifs is 1. The maximum Gasteiger partial charge on any atom is 0.228 e. The highest BCUT2D eigenvalue weighted by Gasteiger charge is 2.29. The molecule has 0 spiro atoms. The van der Waals surface area contributed by atoms with Crippen molar-refractivity contribution in [3.8, 4) is 17.0 Å². The number of aromatic nitrogens is 4. The molecule has 2 saturated heterocycles. The fraction of sp³-hybridized carbons (Fsp3) is 0.429. The van der Waals surface area contributed by atoms with Crippen LogP contribution in [-0.4, -0.2) is 75.1 Å². The molecule has 2 aliphatic rings. The average Bonchev–Trinajstić information content (AvgIpc) is 3.41. The number of rotatable bonds is 3. The number of benzene rings is 1. The summed E-state index contributed by atoms with van der Waals surface area (Å²) in [4.78, 5) is 25.5. The average molecular weight is 408 g/mol. The first-order chi connectivity index (χ1) is 14.6. The Labute approximate surface area is 173 Å². The second-order valence-corrected chi connectivity index (χ2v) is 7.76. The molecule has 1 atom stereocenters. The molecule has 2 aromatic heterocycles. The summed E-state index contributed by atoms with van der Waals surface area (Å²) in [5.74, 6) is 0.901. The number of hydrogen-bond donors (Lipinski definition) is 1. The van der Waals surface area contributed by atoms with E-state index in [0.717, 1.165) is 48.3 Å². The fourth-order valence-electron chi connectivity index (χ4n) is 4.19. The molecule has 9 heteroatoms. The molecule has 9 nitrogen and oxygen atoms in total. The maximum absolute atomic E-state index is 11.8. The van der Waals surface area contributed by atoms with Gasteiger partial charge in [0.25, 0.3) is 0 Å². The number of anilines is 1. The molecule has 1 unspecified atom stereocenters. The van der Waals surface area contributed by atoms with Crippen molar-refractivity contribution in [1.29, 1.82) is 0 Å². The SMILES string of the molecule is CC(=O)N1CCC(n2ncc3c(-c4cccc(O)c4)nc(N4CCOCC4)nc32)C1. The third kappa shape index (κ3) is 3.35. The summed E-state index contributed by atoms with van der Waals surface area (Å²) >= 11 is 0. The summed E-state index contributed by atoms with van der Waals surface area (Å²) in [6, 6.07) is 7.16. The first-order valence-corrected chi connectivity index (χ1v) is 10.2. The van der Waals surface area contributed by atoms with Gasteiger partial charge in [-0.15, -0.1) is 0 Å². The van der Waals surface area contributed by atoms with Crippen LogP contribution in [0.15, 0.2) is 30.5 Å². The molecular weight excluding hydrogens is 384 g/mol. The van der Waals surface area contributed by atoms with Crippen LogP contribution in [0, 0.1) is 0 Å². The fourth-order valence-corrected chi connectivity index (χ4v) is 4.19. The van der Waals surface area contributed by atoms with Gasteiger partial charge in [0.15, 0.2) is 5.65 Å². The lowest BCUT2D eigenvalue weighted by Gasteiger charge is -2.27. The van der Waals surface area contributed by atoms with Crippen LogP contribution in [-0.2, 0) is 9.53 Å². The normalized spacial score (nSPS) is 19.6. The molecular formula is C21H24N6O3. The molecule has 0 aliphatic carbocycles. The summed E-state index contributed by atoms with van der Waals surface area (Å²) in [5, 5.41) is 15.5. The van der Waals surface area contributed by atoms with Crippen LogP contribution in [0.4, 0.5) is 5.95 Å². The summed E-state index contributed by atoms with van der Waals surface area (Å²) in [6.45, 7) is 5.67. The van der Waals surface area contributed by atoms with E-state index in [1.54, 1.807) is 31.3 Å². The first-order valence-electron chi connectivity index (χ1n) is 10.2. The number of aromatic hydroxyl groups is 1. The van der Waals surface area contributed by atoms with Gasteiger partial charge in [-0.05, 0) is 18.6 Å². The Kier molecular flexibility index (Phi) is 4.74. The van der Waals surface area contributed by atoms with Gasteiger partial charge in [0.05, 0.1) is 36.5 Å². The van der Waals surface area contributed by atoms with E-state index < -0.39 is 0 Å². The van der Waals surface area contributed by atoms with Crippen LogP contribution < -0.4 is 4.90 Å². The minimum absolute atomic E-state index is 0.0795. The van der Waals surface area contributed by atoms with Gasteiger partial charge in [0.2, 0.25) is 11.9 Å². The van der Waals surface area contributed by atoms with Gasteiger partial charge >= 0.3 is 0 Å². The highest BCUT2D eigenvalue weighted by atomic mass is 16.5. The zero-order chi connectivity index (χ0) is 20.7. The number of phenols is 1. The van der Waals surface area contributed by atoms with Gasteiger partial charge in [-0.1, -0.05) is 12.1 Å². The third-order valence-corrected chi connectivity index (χ3v) is 5.81. The minimum atomic E-state index is 0.0795. The number of ether oxygens (including phenoxy) is 1. The Balaban J connectivity index is 1.63. The van der Waals surface area contributed by atoms with Crippen LogP contribution in [0.1, 0.15) is 19.4 Å². The molecule has 1 amide bonds. The molecule has 5 rings (SSSR count). The Hall–Kier alpha value is -3.20. The van der Waals surface area contributed by atoms with Crippen molar-refractivity contribution in [3.63, 3.8) is 0 Å². The quantitative estimate of drug-likeness (QED) is 0.706. The predicted molar refractivity (Wildman–Crippen MR) is 111 cm³/mol. The number of carbonyl (C=O) groups is 1. The van der Waals surface area contributed by atoms with E-state index in [1.165, 1.54) is 0 Å².